The summed E-state index contributed by atoms with van der Waals surface area (Å²) in [4.78, 5) is 0. The van der Waals surface area contributed by atoms with Crippen molar-refractivity contribution in [3.8, 4) is 5.75 Å². The molecule has 0 aliphatic rings. The topological polar surface area (TPSA) is 21.3 Å². The van der Waals surface area contributed by atoms with Crippen LogP contribution < -0.4 is 10.1 Å². The molecule has 0 aliphatic heterocycles. The standard InChI is InChI=1S/C17H18F3NO/c1-21-12-11-16(13-5-3-2-4-6-13)22-15-9-7-14(8-10-15)17(18,19)20/h2-10,16,21H,11-12H2,1H3/i1D3,2D,3D,4D,5D,6D,7D,8D,9D,10D,11D2. The first-order chi connectivity index (χ1) is 16.1. The van der Waals surface area contributed by atoms with Crippen LogP contribution in [0.25, 0.3) is 0 Å². The lowest BCUT2D eigenvalue weighted by Crippen LogP contribution is -2.16. The quantitative estimate of drug-likeness (QED) is 0.849. The molecule has 0 radical (unpaired) electrons. The Morgan fingerprint density at radius 1 is 1.18 bits per heavy atom. The van der Waals surface area contributed by atoms with E-state index in [2.05, 4.69) is 0 Å². The molecule has 2 aromatic rings. The minimum Gasteiger partial charge on any atom is -0.486 e. The van der Waals surface area contributed by atoms with Gasteiger partial charge in [0.2, 0.25) is 0 Å². The van der Waals surface area contributed by atoms with Gasteiger partial charge < -0.3 is 10.1 Å². The average molecular weight is 323 g/mol. The lowest BCUT2D eigenvalue weighted by atomic mass is 10.1. The van der Waals surface area contributed by atoms with Crippen LogP contribution in [0.15, 0.2) is 54.4 Å². The molecule has 22 heavy (non-hydrogen) atoms. The van der Waals surface area contributed by atoms with E-state index in [-0.39, 0.29) is 0 Å². The number of benzene rings is 2. The van der Waals surface area contributed by atoms with E-state index >= 15 is 0 Å². The van der Waals surface area contributed by atoms with E-state index in [1.54, 1.807) is 0 Å². The second-order valence-corrected chi connectivity index (χ2v) is 3.80. The molecule has 0 bridgehead atoms. The third-order valence-corrected chi connectivity index (χ3v) is 2.28. The van der Waals surface area contributed by atoms with Gasteiger partial charge in [0.05, 0.1) is 17.9 Å². The molecule has 0 spiro atoms. The first kappa shape index (κ1) is 5.89. The van der Waals surface area contributed by atoms with E-state index in [1.165, 1.54) is 0 Å². The number of nitrogens with one attached hydrogen (secondary N) is 1. The summed E-state index contributed by atoms with van der Waals surface area (Å²) in [5, 5.41) is 1.83. The maximum absolute atomic E-state index is 13.3. The molecule has 0 amide bonds. The van der Waals surface area contributed by atoms with Gasteiger partial charge in [0, 0.05) is 13.2 Å². The van der Waals surface area contributed by atoms with Crippen LogP contribution in [0.4, 0.5) is 13.2 Å². The molecule has 2 aromatic carbocycles. The lowest BCUT2D eigenvalue weighted by molar-refractivity contribution is -0.137. The Balaban J connectivity index is 2.85. The highest BCUT2D eigenvalue weighted by Crippen LogP contribution is 2.31. The minimum absolute atomic E-state index is 0.868. The van der Waals surface area contributed by atoms with E-state index < -0.39 is 103 Å². The molecular formula is C17H18F3NO. The number of hydrogen-bond donors (Lipinski definition) is 1. The number of ether oxygens (including phenoxy) is 1. The molecule has 0 saturated heterocycles. The first-order valence-electron chi connectivity index (χ1n) is 12.8. The second kappa shape index (κ2) is 7.31. The highest BCUT2D eigenvalue weighted by Gasteiger charge is 2.30. The third-order valence-electron chi connectivity index (χ3n) is 2.28. The zero-order chi connectivity index (χ0) is 28.1. The van der Waals surface area contributed by atoms with Gasteiger partial charge in [-0.2, -0.15) is 13.2 Å². The van der Waals surface area contributed by atoms with Crippen molar-refractivity contribution >= 4 is 0 Å². The van der Waals surface area contributed by atoms with E-state index in [0.29, 0.717) is 0 Å². The number of halogens is 3. The van der Waals surface area contributed by atoms with Gasteiger partial charge in [-0.3, -0.25) is 0 Å². The van der Waals surface area contributed by atoms with Crippen molar-refractivity contribution in [2.75, 3.05) is 13.5 Å². The van der Waals surface area contributed by atoms with Gasteiger partial charge in [0.15, 0.2) is 0 Å². The monoisotopic (exact) mass is 323 g/mol. The summed E-state index contributed by atoms with van der Waals surface area (Å²) in [7, 11) is 0. The van der Waals surface area contributed by atoms with Crippen molar-refractivity contribution in [3.63, 3.8) is 0 Å². The zero-order valence-corrected chi connectivity index (χ0v) is 10.8. The molecule has 1 unspecified atom stereocenters. The highest BCUT2D eigenvalue weighted by molar-refractivity contribution is 5.30. The third kappa shape index (κ3) is 4.49. The fraction of sp³-hybridized carbons (Fsp3) is 0.294. The molecule has 1 N–H and O–H groups in total. The summed E-state index contributed by atoms with van der Waals surface area (Å²) in [5.41, 5.74) is -2.80. The molecule has 118 valence electrons. The second-order valence-electron chi connectivity index (χ2n) is 3.80. The van der Waals surface area contributed by atoms with Crippen LogP contribution >= 0.6 is 0 Å². The van der Waals surface area contributed by atoms with Crippen LogP contribution in [-0.4, -0.2) is 13.5 Å². The highest BCUT2D eigenvalue weighted by atomic mass is 19.4. The smallest absolute Gasteiger partial charge is 0.416 e. The van der Waals surface area contributed by atoms with Crippen molar-refractivity contribution in [3.05, 3.63) is 65.5 Å². The van der Waals surface area contributed by atoms with E-state index in [0.717, 1.165) is 0 Å². The average Bonchev–Trinajstić information content (AvgIpc) is 2.74. The summed E-state index contributed by atoms with van der Waals surface area (Å²) in [6, 6.07) is -10.6. The predicted molar refractivity (Wildman–Crippen MR) is 79.8 cm³/mol. The van der Waals surface area contributed by atoms with Gasteiger partial charge in [0.1, 0.15) is 11.9 Å². The van der Waals surface area contributed by atoms with Crippen molar-refractivity contribution in [1.29, 1.82) is 0 Å². The van der Waals surface area contributed by atoms with E-state index in [1.807, 2.05) is 5.32 Å². The van der Waals surface area contributed by atoms with Crippen LogP contribution in [-0.2, 0) is 6.18 Å². The van der Waals surface area contributed by atoms with Crippen molar-refractivity contribution in [1.82, 2.24) is 5.32 Å². The van der Waals surface area contributed by atoms with Crippen molar-refractivity contribution in [2.24, 2.45) is 0 Å². The Hall–Kier alpha value is -2.01. The Kier molecular flexibility index (Phi) is 1.96. The summed E-state index contributed by atoms with van der Waals surface area (Å²) in [6.45, 7) is -4.00. The van der Waals surface area contributed by atoms with Crippen LogP contribution in [0.5, 0.6) is 5.75 Å². The number of hydrogen-bond acceptors (Lipinski definition) is 2. The SMILES string of the molecule is [2H]c1c([2H])c([2H])c(C(Oc2c([2H])c([2H])c(C(F)(F)F)c([2H])c2[2H])C([2H])([2H])CNC([2H])([2H])[2H])c([2H])c1[2H]. The minimum atomic E-state index is -5.29. The van der Waals surface area contributed by atoms with E-state index in [4.69, 9.17) is 23.9 Å². The summed E-state index contributed by atoms with van der Waals surface area (Å²) < 4.78 is 154. The molecule has 2 nitrogen and oxygen atoms in total. The van der Waals surface area contributed by atoms with Gasteiger partial charge in [0.25, 0.3) is 0 Å². The molecule has 0 saturated carbocycles. The van der Waals surface area contributed by atoms with Gasteiger partial charge in [-0.15, -0.1) is 0 Å². The van der Waals surface area contributed by atoms with Crippen molar-refractivity contribution < 1.29 is 37.1 Å². The van der Waals surface area contributed by atoms with Crippen LogP contribution in [0.3, 0.4) is 0 Å². The van der Waals surface area contributed by atoms with Crippen molar-refractivity contribution in [2.45, 2.75) is 18.7 Å². The molecule has 2 rings (SSSR count). The molecule has 0 aromatic heterocycles. The summed E-state index contributed by atoms with van der Waals surface area (Å²) in [6.07, 6.45) is -10.7. The Morgan fingerprint density at radius 2 is 1.86 bits per heavy atom. The number of alkyl halides is 3. The lowest BCUT2D eigenvalue weighted by Gasteiger charge is -2.20. The maximum atomic E-state index is 13.3. The largest absolute Gasteiger partial charge is 0.486 e. The zero-order valence-electron chi connectivity index (χ0n) is 24.8. The van der Waals surface area contributed by atoms with Crippen LogP contribution in [0.1, 0.15) is 42.8 Å². The molecule has 0 fully saturated rings. The molecule has 5 heteroatoms. The normalized spacial score (nSPS) is 23.2. The van der Waals surface area contributed by atoms with Crippen LogP contribution in [0.2, 0.25) is 0 Å². The molecule has 0 aliphatic carbocycles. The molecule has 0 heterocycles. The van der Waals surface area contributed by atoms with Gasteiger partial charge in [-0.1, -0.05) is 30.2 Å². The van der Waals surface area contributed by atoms with Gasteiger partial charge in [-0.25, -0.2) is 0 Å². The Bertz CT molecular complexity index is 1120. The first-order valence-corrected chi connectivity index (χ1v) is 5.79. The summed E-state index contributed by atoms with van der Waals surface area (Å²) >= 11 is 0. The summed E-state index contributed by atoms with van der Waals surface area (Å²) in [5.74, 6) is -1.20. The fourth-order valence-corrected chi connectivity index (χ4v) is 1.36. The predicted octanol–water partition coefficient (Wildman–Crippen LogP) is 4.44. The molecular weight excluding hydrogens is 291 g/mol. The Labute approximate surface area is 147 Å². The van der Waals surface area contributed by atoms with Gasteiger partial charge in [-0.05, 0) is 43.3 Å². The van der Waals surface area contributed by atoms with Crippen LogP contribution in [0, 0.1) is 0 Å². The fourth-order valence-electron chi connectivity index (χ4n) is 1.36. The molecule has 1 atom stereocenters. The Morgan fingerprint density at radius 3 is 2.45 bits per heavy atom. The maximum Gasteiger partial charge on any atom is 0.416 e. The van der Waals surface area contributed by atoms with Gasteiger partial charge >= 0.3 is 6.18 Å². The van der Waals surface area contributed by atoms with E-state index in [9.17, 15) is 13.2 Å². The number of rotatable bonds is 6.